The summed E-state index contributed by atoms with van der Waals surface area (Å²) in [4.78, 5) is 0.271. The number of nitrogens with zero attached hydrogens (tertiary/aromatic N) is 2. The first-order valence-electron chi connectivity index (χ1n) is 5.46. The van der Waals surface area contributed by atoms with Gasteiger partial charge in [0.15, 0.2) is 9.84 Å². The molecule has 18 heavy (non-hydrogen) atoms. The highest BCUT2D eigenvalue weighted by atomic mass is 32.2. The Balaban J connectivity index is 2.39. The maximum absolute atomic E-state index is 12.3. The molecule has 0 aliphatic rings. The molecule has 1 aromatic heterocycles. The van der Waals surface area contributed by atoms with Gasteiger partial charge in [-0.3, -0.25) is 4.68 Å². The highest BCUT2D eigenvalue weighted by Crippen LogP contribution is 2.21. The molecule has 2 N–H and O–H groups in total. The molecule has 0 amide bonds. The van der Waals surface area contributed by atoms with E-state index >= 15 is 0 Å². The highest BCUT2D eigenvalue weighted by molar-refractivity contribution is 7.90. The van der Waals surface area contributed by atoms with E-state index in [9.17, 15) is 8.42 Å². The number of nitrogen functional groups attached to an aromatic ring is 1. The van der Waals surface area contributed by atoms with Crippen LogP contribution in [-0.2, 0) is 22.6 Å². The molecule has 2 aromatic rings. The highest BCUT2D eigenvalue weighted by Gasteiger charge is 2.19. The second kappa shape index (κ2) is 4.45. The summed E-state index contributed by atoms with van der Waals surface area (Å²) in [6.45, 7) is 1.75. The molecule has 0 unspecified atom stereocenters. The second-order valence-electron chi connectivity index (χ2n) is 4.26. The van der Waals surface area contributed by atoms with E-state index in [1.165, 1.54) is 6.07 Å². The Kier molecular flexibility index (Phi) is 3.13. The summed E-state index contributed by atoms with van der Waals surface area (Å²) in [5.74, 6) is -0.113. The van der Waals surface area contributed by atoms with Crippen LogP contribution in [0.3, 0.4) is 0 Å². The minimum atomic E-state index is -3.41. The van der Waals surface area contributed by atoms with Gasteiger partial charge in [0.1, 0.15) is 0 Å². The summed E-state index contributed by atoms with van der Waals surface area (Å²) < 4.78 is 26.1. The van der Waals surface area contributed by atoms with Crippen molar-refractivity contribution in [3.8, 4) is 0 Å². The van der Waals surface area contributed by atoms with Crippen molar-refractivity contribution in [1.29, 1.82) is 0 Å². The van der Waals surface area contributed by atoms with Crippen molar-refractivity contribution in [2.45, 2.75) is 17.6 Å². The molecule has 0 aliphatic carbocycles. The van der Waals surface area contributed by atoms with Crippen LogP contribution >= 0.6 is 0 Å². The van der Waals surface area contributed by atoms with E-state index < -0.39 is 9.84 Å². The van der Waals surface area contributed by atoms with Gasteiger partial charge in [0, 0.05) is 18.9 Å². The third-order valence-corrected chi connectivity index (χ3v) is 4.44. The van der Waals surface area contributed by atoms with E-state index in [1.807, 2.05) is 0 Å². The molecule has 96 valence electrons. The fourth-order valence-corrected chi connectivity index (χ4v) is 3.34. The Morgan fingerprint density at radius 3 is 2.67 bits per heavy atom. The largest absolute Gasteiger partial charge is 0.399 e. The minimum absolute atomic E-state index is 0.113. The third-order valence-electron chi connectivity index (χ3n) is 2.65. The lowest BCUT2D eigenvalue weighted by atomic mass is 10.2. The monoisotopic (exact) mass is 265 g/mol. The molecule has 0 spiro atoms. The van der Waals surface area contributed by atoms with E-state index in [1.54, 1.807) is 43.0 Å². The SMILES string of the molecule is Cc1ccc(N)cc1S(=O)(=O)Cc1ccn(C)n1. The average molecular weight is 265 g/mol. The van der Waals surface area contributed by atoms with Crippen LogP contribution in [0.2, 0.25) is 0 Å². The lowest BCUT2D eigenvalue weighted by molar-refractivity contribution is 0.593. The predicted molar refractivity (Wildman–Crippen MR) is 69.7 cm³/mol. The molecule has 2 rings (SSSR count). The zero-order valence-electron chi connectivity index (χ0n) is 10.3. The Labute approximate surface area is 106 Å². The van der Waals surface area contributed by atoms with Crippen LogP contribution in [-0.4, -0.2) is 18.2 Å². The maximum Gasteiger partial charge on any atom is 0.184 e. The number of aryl methyl sites for hydroxylation is 2. The van der Waals surface area contributed by atoms with Gasteiger partial charge in [0.25, 0.3) is 0 Å². The van der Waals surface area contributed by atoms with E-state index in [0.717, 1.165) is 0 Å². The van der Waals surface area contributed by atoms with Crippen molar-refractivity contribution in [1.82, 2.24) is 9.78 Å². The van der Waals surface area contributed by atoms with Crippen molar-refractivity contribution in [2.75, 3.05) is 5.73 Å². The number of sulfone groups is 1. The molecule has 6 heteroatoms. The van der Waals surface area contributed by atoms with Gasteiger partial charge in [0.2, 0.25) is 0 Å². The van der Waals surface area contributed by atoms with Crippen molar-refractivity contribution in [2.24, 2.45) is 7.05 Å². The molecule has 0 bridgehead atoms. The van der Waals surface area contributed by atoms with Gasteiger partial charge in [-0.05, 0) is 30.7 Å². The normalized spacial score (nSPS) is 11.7. The molecule has 5 nitrogen and oxygen atoms in total. The smallest absolute Gasteiger partial charge is 0.184 e. The molecular weight excluding hydrogens is 250 g/mol. The molecule has 0 aliphatic heterocycles. The Morgan fingerprint density at radius 2 is 2.06 bits per heavy atom. The van der Waals surface area contributed by atoms with Gasteiger partial charge in [-0.15, -0.1) is 0 Å². The molecule has 0 atom stereocenters. The van der Waals surface area contributed by atoms with E-state index in [4.69, 9.17) is 5.73 Å². The van der Waals surface area contributed by atoms with E-state index in [-0.39, 0.29) is 10.6 Å². The van der Waals surface area contributed by atoms with Crippen LogP contribution in [0.1, 0.15) is 11.3 Å². The van der Waals surface area contributed by atoms with Crippen LogP contribution in [0.5, 0.6) is 0 Å². The summed E-state index contributed by atoms with van der Waals surface area (Å²) in [6, 6.07) is 6.59. The lowest BCUT2D eigenvalue weighted by Gasteiger charge is -2.07. The molecule has 0 radical (unpaired) electrons. The first-order chi connectivity index (χ1) is 8.38. The van der Waals surface area contributed by atoms with Crippen molar-refractivity contribution in [3.05, 3.63) is 41.7 Å². The Hall–Kier alpha value is -1.82. The van der Waals surface area contributed by atoms with Gasteiger partial charge < -0.3 is 5.73 Å². The van der Waals surface area contributed by atoms with Gasteiger partial charge in [-0.2, -0.15) is 5.10 Å². The number of anilines is 1. The van der Waals surface area contributed by atoms with Crippen LogP contribution in [0.25, 0.3) is 0 Å². The first-order valence-corrected chi connectivity index (χ1v) is 7.11. The van der Waals surface area contributed by atoms with Crippen molar-refractivity contribution >= 4 is 15.5 Å². The maximum atomic E-state index is 12.3. The lowest BCUT2D eigenvalue weighted by Crippen LogP contribution is -2.08. The summed E-state index contributed by atoms with van der Waals surface area (Å²) in [7, 11) is -1.66. The molecule has 0 saturated heterocycles. The summed E-state index contributed by atoms with van der Waals surface area (Å²) in [5.41, 5.74) is 7.30. The van der Waals surface area contributed by atoms with Crippen molar-refractivity contribution in [3.63, 3.8) is 0 Å². The summed E-state index contributed by atoms with van der Waals surface area (Å²) >= 11 is 0. The predicted octanol–water partition coefficient (Wildman–Crippen LogP) is 1.28. The van der Waals surface area contributed by atoms with Gasteiger partial charge >= 0.3 is 0 Å². The fraction of sp³-hybridized carbons (Fsp3) is 0.250. The topological polar surface area (TPSA) is 78.0 Å². The number of benzene rings is 1. The summed E-state index contributed by atoms with van der Waals surface area (Å²) in [6.07, 6.45) is 1.72. The Morgan fingerprint density at radius 1 is 1.33 bits per heavy atom. The number of nitrogens with two attached hydrogens (primary N) is 1. The van der Waals surface area contributed by atoms with Gasteiger partial charge in [-0.1, -0.05) is 6.07 Å². The van der Waals surface area contributed by atoms with Crippen LogP contribution in [0, 0.1) is 6.92 Å². The molecular formula is C12H15N3O2S. The molecule has 1 heterocycles. The van der Waals surface area contributed by atoms with Gasteiger partial charge in [0.05, 0.1) is 16.3 Å². The third kappa shape index (κ3) is 2.53. The van der Waals surface area contributed by atoms with Crippen LogP contribution in [0.15, 0.2) is 35.4 Å². The molecule has 1 aromatic carbocycles. The van der Waals surface area contributed by atoms with Crippen molar-refractivity contribution < 1.29 is 8.42 Å². The zero-order chi connectivity index (χ0) is 13.3. The number of aromatic nitrogens is 2. The number of hydrogen-bond acceptors (Lipinski definition) is 4. The van der Waals surface area contributed by atoms with Gasteiger partial charge in [-0.25, -0.2) is 8.42 Å². The minimum Gasteiger partial charge on any atom is -0.399 e. The van der Waals surface area contributed by atoms with Crippen LogP contribution in [0.4, 0.5) is 5.69 Å². The van der Waals surface area contributed by atoms with Crippen LogP contribution < -0.4 is 5.73 Å². The van der Waals surface area contributed by atoms with E-state index in [2.05, 4.69) is 5.10 Å². The van der Waals surface area contributed by atoms with E-state index in [0.29, 0.717) is 16.9 Å². The standard InChI is InChI=1S/C12H15N3O2S/c1-9-3-4-10(13)7-12(9)18(16,17)8-11-5-6-15(2)14-11/h3-7H,8,13H2,1-2H3. The summed E-state index contributed by atoms with van der Waals surface area (Å²) in [5, 5.41) is 4.08. The second-order valence-corrected chi connectivity index (χ2v) is 6.22. The first kappa shape index (κ1) is 12.6. The number of hydrogen-bond donors (Lipinski definition) is 1. The fourth-order valence-electron chi connectivity index (χ4n) is 1.76. The molecule has 0 saturated carbocycles. The average Bonchev–Trinajstić information content (AvgIpc) is 2.66. The molecule has 0 fully saturated rings. The Bertz CT molecular complexity index is 674. The quantitative estimate of drug-likeness (QED) is 0.848. The number of rotatable bonds is 3. The zero-order valence-corrected chi connectivity index (χ0v) is 11.1.